The second-order valence-electron chi connectivity index (χ2n) is 6.54. The Hall–Kier alpha value is -3.57. The van der Waals surface area contributed by atoms with Gasteiger partial charge in [0, 0.05) is 12.6 Å². The highest BCUT2D eigenvalue weighted by atomic mass is 19.4. The van der Waals surface area contributed by atoms with Gasteiger partial charge in [-0.25, -0.2) is 4.98 Å². The SMILES string of the molecule is Cn1c(=O)c(C(=O)NCC(=O)O)c(O)c2cc(C3=COCCC3)c(C(F)(F)F)nc21. The van der Waals surface area contributed by atoms with Gasteiger partial charge in [-0.1, -0.05) is 0 Å². The molecule has 2 aromatic rings. The fourth-order valence-corrected chi connectivity index (χ4v) is 3.11. The molecule has 0 bridgehead atoms. The van der Waals surface area contributed by atoms with Gasteiger partial charge in [0.25, 0.3) is 11.5 Å². The topological polar surface area (TPSA) is 131 Å². The van der Waals surface area contributed by atoms with E-state index in [4.69, 9.17) is 9.84 Å². The number of fused-ring (bicyclic) bond motifs is 1. The lowest BCUT2D eigenvalue weighted by Crippen LogP contribution is -2.35. The second kappa shape index (κ2) is 7.69. The van der Waals surface area contributed by atoms with Crippen LogP contribution in [-0.2, 0) is 22.8 Å². The first-order valence-corrected chi connectivity index (χ1v) is 8.67. The van der Waals surface area contributed by atoms with Crippen LogP contribution >= 0.6 is 0 Å². The van der Waals surface area contributed by atoms with E-state index in [1.54, 1.807) is 0 Å². The van der Waals surface area contributed by atoms with E-state index in [9.17, 15) is 32.7 Å². The smallest absolute Gasteiger partial charge is 0.434 e. The van der Waals surface area contributed by atoms with E-state index in [-0.39, 0.29) is 22.9 Å². The molecule has 1 aliphatic rings. The van der Waals surface area contributed by atoms with Crippen LogP contribution in [0.1, 0.15) is 34.5 Å². The van der Waals surface area contributed by atoms with Crippen molar-refractivity contribution in [3.63, 3.8) is 0 Å². The monoisotopic (exact) mass is 427 g/mol. The van der Waals surface area contributed by atoms with E-state index in [0.717, 1.165) is 13.1 Å². The van der Waals surface area contributed by atoms with Crippen LogP contribution in [0.3, 0.4) is 0 Å². The van der Waals surface area contributed by atoms with Crippen molar-refractivity contribution in [1.29, 1.82) is 0 Å². The van der Waals surface area contributed by atoms with Gasteiger partial charge >= 0.3 is 12.1 Å². The number of allylic oxidation sites excluding steroid dienone is 1. The summed E-state index contributed by atoms with van der Waals surface area (Å²) in [5.41, 5.74) is -3.82. The van der Waals surface area contributed by atoms with Gasteiger partial charge < -0.3 is 20.3 Å². The van der Waals surface area contributed by atoms with Crippen LogP contribution in [0, 0.1) is 0 Å². The Morgan fingerprint density at radius 3 is 2.63 bits per heavy atom. The van der Waals surface area contributed by atoms with Crippen LogP contribution in [-0.4, -0.2) is 44.8 Å². The van der Waals surface area contributed by atoms with Gasteiger partial charge in [0.05, 0.1) is 18.3 Å². The Kier molecular flexibility index (Phi) is 5.42. The molecule has 0 atom stereocenters. The molecule has 0 aliphatic carbocycles. The predicted octanol–water partition coefficient (Wildman–Crippen LogP) is 1.62. The molecule has 30 heavy (non-hydrogen) atoms. The van der Waals surface area contributed by atoms with Crippen LogP contribution in [0.25, 0.3) is 16.6 Å². The summed E-state index contributed by atoms with van der Waals surface area (Å²) in [5.74, 6) is -3.46. The molecule has 2 aromatic heterocycles. The largest absolute Gasteiger partial charge is 0.506 e. The summed E-state index contributed by atoms with van der Waals surface area (Å²) in [6.45, 7) is -0.473. The highest BCUT2D eigenvalue weighted by molar-refractivity contribution is 6.03. The lowest BCUT2D eigenvalue weighted by molar-refractivity contribution is -0.141. The number of halogens is 3. The number of carboxylic acids is 1. The van der Waals surface area contributed by atoms with Gasteiger partial charge in [0.2, 0.25) is 0 Å². The fraction of sp³-hybridized carbons (Fsp3) is 0.333. The number of ether oxygens (including phenoxy) is 1. The van der Waals surface area contributed by atoms with Crippen molar-refractivity contribution in [3.05, 3.63) is 39.5 Å². The standard InChI is InChI=1S/C18H16F3N3O6/c1-24-15-10(13(27)12(17(24)29)16(28)22-6-11(25)26)5-9(8-3-2-4-30-7-8)14(23-15)18(19,20)21/h5,7,27H,2-4,6H2,1H3,(H,22,28)(H,25,26). The van der Waals surface area contributed by atoms with Gasteiger partial charge in [0.15, 0.2) is 5.69 Å². The predicted molar refractivity (Wildman–Crippen MR) is 96.8 cm³/mol. The third-order valence-electron chi connectivity index (χ3n) is 4.51. The third-order valence-corrected chi connectivity index (χ3v) is 4.51. The first-order chi connectivity index (χ1) is 14.0. The minimum atomic E-state index is -4.86. The van der Waals surface area contributed by atoms with Crippen molar-refractivity contribution in [2.45, 2.75) is 19.0 Å². The normalized spacial score (nSPS) is 14.2. The Balaban J connectivity index is 2.30. The summed E-state index contributed by atoms with van der Waals surface area (Å²) in [6.07, 6.45) is -2.93. The molecule has 3 heterocycles. The van der Waals surface area contributed by atoms with E-state index < -0.39 is 52.8 Å². The Morgan fingerprint density at radius 2 is 2.07 bits per heavy atom. The maximum absolute atomic E-state index is 13.6. The van der Waals surface area contributed by atoms with Crippen molar-refractivity contribution in [1.82, 2.24) is 14.9 Å². The number of aromatic nitrogens is 2. The van der Waals surface area contributed by atoms with Crippen LogP contribution in [0.2, 0.25) is 0 Å². The summed E-state index contributed by atoms with van der Waals surface area (Å²) in [4.78, 5) is 38.9. The molecule has 0 aromatic carbocycles. The number of aliphatic carboxylic acids is 1. The quantitative estimate of drug-likeness (QED) is 0.676. The van der Waals surface area contributed by atoms with Gasteiger partial charge in [0.1, 0.15) is 23.5 Å². The first kappa shape index (κ1) is 21.1. The number of carbonyl (C=O) groups excluding carboxylic acids is 1. The number of hydrogen-bond acceptors (Lipinski definition) is 6. The number of carboxylic acid groups (broad SMARTS) is 1. The molecule has 1 amide bonds. The van der Waals surface area contributed by atoms with Crippen LogP contribution in [0.15, 0.2) is 17.1 Å². The van der Waals surface area contributed by atoms with Crippen LogP contribution in [0.4, 0.5) is 13.2 Å². The molecule has 0 spiro atoms. The molecular formula is C18H16F3N3O6. The average molecular weight is 427 g/mol. The van der Waals surface area contributed by atoms with Crippen molar-refractivity contribution in [3.8, 4) is 5.75 Å². The molecule has 0 saturated carbocycles. The summed E-state index contributed by atoms with van der Waals surface area (Å²) in [6, 6.07) is 0.994. The van der Waals surface area contributed by atoms with Crippen molar-refractivity contribution < 1.29 is 37.7 Å². The number of alkyl halides is 3. The lowest BCUT2D eigenvalue weighted by Gasteiger charge is -2.20. The number of rotatable bonds is 4. The molecule has 160 valence electrons. The molecular weight excluding hydrogens is 411 g/mol. The van der Waals surface area contributed by atoms with Gasteiger partial charge in [-0.2, -0.15) is 13.2 Å². The average Bonchev–Trinajstić information content (AvgIpc) is 2.69. The maximum Gasteiger partial charge on any atom is 0.434 e. The molecule has 0 radical (unpaired) electrons. The van der Waals surface area contributed by atoms with Crippen molar-refractivity contribution >= 4 is 28.5 Å². The van der Waals surface area contributed by atoms with Crippen LogP contribution < -0.4 is 10.9 Å². The molecule has 0 fully saturated rings. The molecule has 9 nitrogen and oxygen atoms in total. The van der Waals surface area contributed by atoms with E-state index in [0.29, 0.717) is 17.6 Å². The number of aryl methyl sites for hydroxylation is 1. The zero-order valence-electron chi connectivity index (χ0n) is 15.5. The van der Waals surface area contributed by atoms with Crippen LogP contribution in [0.5, 0.6) is 5.75 Å². The molecule has 3 N–H and O–H groups in total. The molecule has 3 rings (SSSR count). The van der Waals surface area contributed by atoms with E-state index in [1.807, 2.05) is 5.32 Å². The minimum absolute atomic E-state index is 0.202. The summed E-state index contributed by atoms with van der Waals surface area (Å²) < 4.78 is 46.7. The Labute approximate surface area is 166 Å². The zero-order chi connectivity index (χ0) is 22.2. The van der Waals surface area contributed by atoms with Crippen molar-refractivity contribution in [2.75, 3.05) is 13.2 Å². The fourth-order valence-electron chi connectivity index (χ4n) is 3.11. The molecule has 0 saturated heterocycles. The van der Waals surface area contributed by atoms with Gasteiger partial charge in [-0.15, -0.1) is 0 Å². The molecule has 0 unspecified atom stereocenters. The van der Waals surface area contributed by atoms with Crippen molar-refractivity contribution in [2.24, 2.45) is 7.05 Å². The van der Waals surface area contributed by atoms with Gasteiger partial charge in [-0.3, -0.25) is 19.0 Å². The molecule has 12 heteroatoms. The number of aromatic hydroxyl groups is 1. The van der Waals surface area contributed by atoms with Gasteiger partial charge in [-0.05, 0) is 24.5 Å². The number of amides is 1. The highest BCUT2D eigenvalue weighted by Crippen LogP contribution is 2.39. The third kappa shape index (κ3) is 3.80. The summed E-state index contributed by atoms with van der Waals surface area (Å²) in [7, 11) is 1.09. The minimum Gasteiger partial charge on any atom is -0.506 e. The number of carbonyl (C=O) groups is 2. The van der Waals surface area contributed by atoms with E-state index >= 15 is 0 Å². The number of pyridine rings is 2. The Bertz CT molecular complexity index is 1140. The first-order valence-electron chi connectivity index (χ1n) is 8.67. The number of nitrogens with one attached hydrogen (secondary N) is 1. The maximum atomic E-state index is 13.6. The second-order valence-corrected chi connectivity index (χ2v) is 6.54. The zero-order valence-corrected chi connectivity index (χ0v) is 15.5. The summed E-state index contributed by atoms with van der Waals surface area (Å²) in [5, 5.41) is 20.9. The lowest BCUT2D eigenvalue weighted by atomic mass is 9.97. The highest BCUT2D eigenvalue weighted by Gasteiger charge is 2.38. The van der Waals surface area contributed by atoms with E-state index in [2.05, 4.69) is 4.98 Å². The number of nitrogens with zero attached hydrogens (tertiary/aromatic N) is 2. The van der Waals surface area contributed by atoms with E-state index in [1.165, 1.54) is 6.26 Å². The number of hydrogen-bond donors (Lipinski definition) is 3. The molecule has 1 aliphatic heterocycles. The summed E-state index contributed by atoms with van der Waals surface area (Å²) >= 11 is 0. The Morgan fingerprint density at radius 1 is 1.37 bits per heavy atom.